The summed E-state index contributed by atoms with van der Waals surface area (Å²) in [7, 11) is 0. The van der Waals surface area contributed by atoms with Gasteiger partial charge in [-0.05, 0) is 42.2 Å². The molecule has 0 bridgehead atoms. The van der Waals surface area contributed by atoms with Gasteiger partial charge in [-0.3, -0.25) is 19.4 Å². The highest BCUT2D eigenvalue weighted by Crippen LogP contribution is 2.38. The number of imide groups is 1. The second kappa shape index (κ2) is 9.06. The molecular weight excluding hydrogens is 426 g/mol. The van der Waals surface area contributed by atoms with Crippen molar-refractivity contribution in [2.75, 3.05) is 50.8 Å². The van der Waals surface area contributed by atoms with Gasteiger partial charge in [-0.1, -0.05) is 41.9 Å². The summed E-state index contributed by atoms with van der Waals surface area (Å²) in [5, 5.41) is 0.597. The van der Waals surface area contributed by atoms with E-state index < -0.39 is 0 Å². The van der Waals surface area contributed by atoms with Crippen molar-refractivity contribution in [2.24, 2.45) is 0 Å². The van der Waals surface area contributed by atoms with E-state index >= 15 is 0 Å². The second-order valence-corrected chi connectivity index (χ2v) is 8.77. The molecule has 0 radical (unpaired) electrons. The zero-order valence-corrected chi connectivity index (χ0v) is 18.7. The third kappa shape index (κ3) is 3.94. The number of aryl methyl sites for hydroxylation is 1. The van der Waals surface area contributed by atoms with Crippen LogP contribution in [0.1, 0.15) is 17.5 Å². The monoisotopic (exact) mass is 451 g/mol. The molecule has 32 heavy (non-hydrogen) atoms. The van der Waals surface area contributed by atoms with Gasteiger partial charge < -0.3 is 9.64 Å². The summed E-state index contributed by atoms with van der Waals surface area (Å²) in [5.74, 6) is -0.450. The molecule has 2 amide bonds. The second-order valence-electron chi connectivity index (χ2n) is 8.33. The molecule has 166 valence electrons. The fraction of sp³-hybridized carbons (Fsp3) is 0.360. The van der Waals surface area contributed by atoms with E-state index in [1.54, 1.807) is 12.1 Å². The van der Waals surface area contributed by atoms with E-state index in [9.17, 15) is 9.59 Å². The Kier molecular flexibility index (Phi) is 6.00. The third-order valence-electron chi connectivity index (χ3n) is 6.40. The quantitative estimate of drug-likeness (QED) is 0.653. The Bertz CT molecular complexity index is 1060. The molecule has 3 aliphatic rings. The molecule has 3 aliphatic heterocycles. The first kappa shape index (κ1) is 21.2. The number of halogens is 1. The number of carbonyl (C=O) groups is 2. The lowest BCUT2D eigenvalue weighted by molar-refractivity contribution is -0.137. The number of nitrogens with zero attached hydrogens (tertiary/aromatic N) is 3. The Balaban J connectivity index is 1.51. The molecule has 0 saturated carbocycles. The van der Waals surface area contributed by atoms with E-state index in [0.717, 1.165) is 37.2 Å². The van der Waals surface area contributed by atoms with Crippen LogP contribution < -0.4 is 4.90 Å². The highest BCUT2D eigenvalue weighted by Gasteiger charge is 2.42. The number of hydrogen-bond acceptors (Lipinski definition) is 5. The minimum Gasteiger partial charge on any atom is -0.379 e. The van der Waals surface area contributed by atoms with Crippen LogP contribution in [0.2, 0.25) is 5.02 Å². The van der Waals surface area contributed by atoms with Gasteiger partial charge in [0.2, 0.25) is 0 Å². The molecule has 0 aliphatic carbocycles. The van der Waals surface area contributed by atoms with E-state index in [1.165, 1.54) is 10.5 Å². The van der Waals surface area contributed by atoms with E-state index in [2.05, 4.69) is 11.0 Å². The predicted molar refractivity (Wildman–Crippen MR) is 124 cm³/mol. The molecule has 0 N–H and O–H groups in total. The van der Waals surface area contributed by atoms with Gasteiger partial charge in [-0.15, -0.1) is 0 Å². The maximum Gasteiger partial charge on any atom is 0.278 e. The Morgan fingerprint density at radius 3 is 2.41 bits per heavy atom. The van der Waals surface area contributed by atoms with Crippen molar-refractivity contribution in [1.29, 1.82) is 0 Å². The number of hydrogen-bond donors (Lipinski definition) is 0. The molecule has 1 fully saturated rings. The number of anilines is 1. The summed E-state index contributed by atoms with van der Waals surface area (Å²) in [6.45, 7) is 4.74. The normalized spacial score (nSPS) is 19.7. The lowest BCUT2D eigenvalue weighted by Gasteiger charge is -2.32. The lowest BCUT2D eigenvalue weighted by atomic mass is 9.98. The Morgan fingerprint density at radius 2 is 1.62 bits per heavy atom. The van der Waals surface area contributed by atoms with Crippen molar-refractivity contribution in [3.63, 3.8) is 0 Å². The third-order valence-corrected chi connectivity index (χ3v) is 6.65. The number of ether oxygens (including phenoxy) is 1. The smallest absolute Gasteiger partial charge is 0.278 e. The molecule has 3 heterocycles. The first-order valence-corrected chi connectivity index (χ1v) is 11.5. The first-order chi connectivity index (χ1) is 15.6. The zero-order chi connectivity index (χ0) is 22.1. The number of amides is 2. The molecule has 1 saturated heterocycles. The minimum absolute atomic E-state index is 0.218. The number of para-hydroxylation sites is 1. The molecule has 7 heteroatoms. The van der Waals surface area contributed by atoms with Crippen LogP contribution in [0.5, 0.6) is 0 Å². The van der Waals surface area contributed by atoms with E-state index in [1.807, 2.05) is 35.2 Å². The molecule has 2 aromatic rings. The fourth-order valence-corrected chi connectivity index (χ4v) is 4.85. The van der Waals surface area contributed by atoms with Crippen LogP contribution in [0, 0.1) is 0 Å². The summed E-state index contributed by atoms with van der Waals surface area (Å²) in [6.07, 6.45) is 1.91. The van der Waals surface area contributed by atoms with E-state index in [0.29, 0.717) is 49.1 Å². The van der Waals surface area contributed by atoms with E-state index in [-0.39, 0.29) is 11.8 Å². The largest absolute Gasteiger partial charge is 0.379 e. The van der Waals surface area contributed by atoms with Gasteiger partial charge in [-0.25, -0.2) is 0 Å². The van der Waals surface area contributed by atoms with Crippen LogP contribution in [0.15, 0.2) is 54.2 Å². The molecule has 2 aromatic carbocycles. The average molecular weight is 452 g/mol. The van der Waals surface area contributed by atoms with Crippen LogP contribution >= 0.6 is 11.6 Å². The average Bonchev–Trinajstić information content (AvgIpc) is 3.08. The van der Waals surface area contributed by atoms with Gasteiger partial charge in [0.15, 0.2) is 0 Å². The highest BCUT2D eigenvalue weighted by atomic mass is 35.5. The Labute approximate surface area is 193 Å². The van der Waals surface area contributed by atoms with Crippen LogP contribution in [0.3, 0.4) is 0 Å². The summed E-state index contributed by atoms with van der Waals surface area (Å²) in [6, 6.07) is 15.3. The van der Waals surface area contributed by atoms with E-state index in [4.69, 9.17) is 16.3 Å². The fourth-order valence-electron chi connectivity index (χ4n) is 4.73. The number of fused-ring (bicyclic) bond motifs is 1. The minimum atomic E-state index is -0.233. The lowest BCUT2D eigenvalue weighted by Crippen LogP contribution is -2.44. The predicted octanol–water partition coefficient (Wildman–Crippen LogP) is 3.20. The van der Waals surface area contributed by atoms with Crippen molar-refractivity contribution in [3.8, 4) is 0 Å². The maximum absolute atomic E-state index is 13.7. The molecule has 0 unspecified atom stereocenters. The summed E-state index contributed by atoms with van der Waals surface area (Å²) < 4.78 is 5.41. The van der Waals surface area contributed by atoms with Crippen molar-refractivity contribution >= 4 is 34.7 Å². The highest BCUT2D eigenvalue weighted by molar-refractivity contribution is 6.37. The van der Waals surface area contributed by atoms with Crippen LogP contribution in [0.4, 0.5) is 5.69 Å². The molecule has 0 atom stereocenters. The molecular formula is C25H26ClN3O3. The molecule has 5 rings (SSSR count). The van der Waals surface area contributed by atoms with Crippen LogP contribution in [0.25, 0.3) is 5.57 Å². The van der Waals surface area contributed by atoms with Crippen molar-refractivity contribution < 1.29 is 14.3 Å². The summed E-state index contributed by atoms with van der Waals surface area (Å²) >= 11 is 6.10. The molecule has 0 aromatic heterocycles. The van der Waals surface area contributed by atoms with Crippen LogP contribution in [-0.2, 0) is 20.7 Å². The van der Waals surface area contributed by atoms with Crippen molar-refractivity contribution in [2.45, 2.75) is 12.8 Å². The van der Waals surface area contributed by atoms with Crippen molar-refractivity contribution in [1.82, 2.24) is 9.80 Å². The number of morpholine rings is 1. The molecule has 6 nitrogen and oxygen atoms in total. The first-order valence-electron chi connectivity index (χ1n) is 11.2. The zero-order valence-electron chi connectivity index (χ0n) is 17.9. The van der Waals surface area contributed by atoms with Crippen molar-refractivity contribution in [3.05, 3.63) is 70.4 Å². The van der Waals surface area contributed by atoms with Crippen LogP contribution in [-0.4, -0.2) is 67.6 Å². The van der Waals surface area contributed by atoms with Gasteiger partial charge in [0.25, 0.3) is 11.8 Å². The number of carbonyl (C=O) groups excluding carboxylic acids is 2. The van der Waals surface area contributed by atoms with Gasteiger partial charge in [-0.2, -0.15) is 0 Å². The topological polar surface area (TPSA) is 53.1 Å². The maximum atomic E-state index is 13.7. The standard InChI is InChI=1S/C25H26ClN3O3/c26-20-9-7-19(8-10-20)22-23(28-11-3-5-18-4-1-2-6-21(18)28)25(31)29(24(22)30)13-12-27-14-16-32-17-15-27/h1-2,4,6-10H,3,5,11-17H2. The summed E-state index contributed by atoms with van der Waals surface area (Å²) in [4.78, 5) is 33.0. The number of benzene rings is 2. The van der Waals surface area contributed by atoms with Gasteiger partial charge in [0, 0.05) is 43.4 Å². The molecule has 0 spiro atoms. The van der Waals surface area contributed by atoms with Gasteiger partial charge in [0.1, 0.15) is 5.70 Å². The Hall–Kier alpha value is -2.67. The SMILES string of the molecule is O=C1C(c2ccc(Cl)cc2)=C(N2CCCc3ccccc32)C(=O)N1CCN1CCOCC1. The van der Waals surface area contributed by atoms with Gasteiger partial charge >= 0.3 is 0 Å². The summed E-state index contributed by atoms with van der Waals surface area (Å²) in [5.41, 5.74) is 3.88. The Morgan fingerprint density at radius 1 is 0.875 bits per heavy atom. The van der Waals surface area contributed by atoms with Gasteiger partial charge in [0.05, 0.1) is 18.8 Å². The number of rotatable bonds is 5.